The molecule has 1 aromatic rings. The van der Waals surface area contributed by atoms with E-state index < -0.39 is 0 Å². The van der Waals surface area contributed by atoms with Gasteiger partial charge in [0, 0.05) is 33.7 Å². The fourth-order valence-electron chi connectivity index (χ4n) is 2.12. The molecule has 1 aliphatic rings. The van der Waals surface area contributed by atoms with E-state index in [1.807, 2.05) is 22.7 Å². The first kappa shape index (κ1) is 14.7. The number of nitrogen functional groups attached to an aromatic ring is 1. The van der Waals surface area contributed by atoms with Crippen molar-refractivity contribution in [1.29, 1.82) is 0 Å². The Morgan fingerprint density at radius 1 is 1.42 bits per heavy atom. The van der Waals surface area contributed by atoms with Gasteiger partial charge < -0.3 is 10.6 Å². The molecule has 0 unspecified atom stereocenters. The highest BCUT2D eigenvalue weighted by Crippen LogP contribution is 2.31. The molecular formula is C14H19BrN2OS. The fourth-order valence-corrected chi connectivity index (χ4v) is 3.60. The number of carbonyl (C=O) groups is 1. The summed E-state index contributed by atoms with van der Waals surface area (Å²) in [5.41, 5.74) is 7.08. The molecule has 0 radical (unpaired) electrons. The summed E-state index contributed by atoms with van der Waals surface area (Å²) >= 11 is 5.29. The minimum atomic E-state index is 0.0447. The zero-order valence-corrected chi connectivity index (χ0v) is 13.7. The van der Waals surface area contributed by atoms with Gasteiger partial charge in [0.05, 0.1) is 5.56 Å². The van der Waals surface area contributed by atoms with Gasteiger partial charge in [-0.15, -0.1) is 0 Å². The third kappa shape index (κ3) is 3.66. The number of nitrogens with two attached hydrogens (primary N) is 1. The molecule has 104 valence electrons. The van der Waals surface area contributed by atoms with Crippen LogP contribution in [0.3, 0.4) is 0 Å². The van der Waals surface area contributed by atoms with Crippen LogP contribution >= 0.6 is 27.7 Å². The number of rotatable bonds is 1. The number of hydrogen-bond donors (Lipinski definition) is 1. The van der Waals surface area contributed by atoms with E-state index in [1.54, 1.807) is 12.1 Å². The lowest BCUT2D eigenvalue weighted by Gasteiger charge is -2.23. The molecule has 1 aromatic carbocycles. The van der Waals surface area contributed by atoms with E-state index in [4.69, 9.17) is 5.73 Å². The standard InChI is InChI=1S/C14H19BrN2OS/c1-14(2)5-6-17(7-8-19-14)13(18)11-4-3-10(15)9-12(11)16/h3-4,9H,5-8,16H2,1-2H3. The summed E-state index contributed by atoms with van der Waals surface area (Å²) in [5, 5.41) is 0. The lowest BCUT2D eigenvalue weighted by atomic mass is 10.1. The van der Waals surface area contributed by atoms with E-state index in [-0.39, 0.29) is 10.7 Å². The number of nitrogens with zero attached hydrogens (tertiary/aromatic N) is 1. The van der Waals surface area contributed by atoms with Gasteiger partial charge in [0.25, 0.3) is 5.91 Å². The van der Waals surface area contributed by atoms with Crippen LogP contribution in [0.5, 0.6) is 0 Å². The van der Waals surface area contributed by atoms with Crippen molar-refractivity contribution in [2.24, 2.45) is 0 Å². The lowest BCUT2D eigenvalue weighted by molar-refractivity contribution is 0.0765. The van der Waals surface area contributed by atoms with Crippen LogP contribution in [0.25, 0.3) is 0 Å². The van der Waals surface area contributed by atoms with Crippen molar-refractivity contribution in [3.05, 3.63) is 28.2 Å². The van der Waals surface area contributed by atoms with E-state index >= 15 is 0 Å². The molecule has 0 aliphatic carbocycles. The fraction of sp³-hybridized carbons (Fsp3) is 0.500. The van der Waals surface area contributed by atoms with Crippen LogP contribution in [0.15, 0.2) is 22.7 Å². The van der Waals surface area contributed by atoms with E-state index in [1.165, 1.54) is 0 Å². The second-order valence-corrected chi connectivity index (χ2v) is 8.10. The van der Waals surface area contributed by atoms with E-state index in [0.29, 0.717) is 11.3 Å². The second-order valence-electron chi connectivity index (χ2n) is 5.38. The van der Waals surface area contributed by atoms with Gasteiger partial charge in [-0.3, -0.25) is 4.79 Å². The maximum Gasteiger partial charge on any atom is 0.255 e. The minimum absolute atomic E-state index is 0.0447. The highest BCUT2D eigenvalue weighted by molar-refractivity contribution is 9.10. The van der Waals surface area contributed by atoms with Gasteiger partial charge in [-0.1, -0.05) is 29.8 Å². The quantitative estimate of drug-likeness (QED) is 0.795. The minimum Gasteiger partial charge on any atom is -0.398 e. The Morgan fingerprint density at radius 2 is 2.16 bits per heavy atom. The van der Waals surface area contributed by atoms with Crippen molar-refractivity contribution in [3.8, 4) is 0 Å². The third-order valence-electron chi connectivity index (χ3n) is 3.37. The first-order valence-corrected chi connectivity index (χ1v) is 8.15. The van der Waals surface area contributed by atoms with Crippen molar-refractivity contribution >= 4 is 39.3 Å². The Bertz CT molecular complexity index is 490. The van der Waals surface area contributed by atoms with E-state index in [2.05, 4.69) is 29.8 Å². The Morgan fingerprint density at radius 3 is 2.84 bits per heavy atom. The highest BCUT2D eigenvalue weighted by Gasteiger charge is 2.27. The lowest BCUT2D eigenvalue weighted by Crippen LogP contribution is -2.34. The number of thioether (sulfide) groups is 1. The number of halogens is 1. The molecule has 2 N–H and O–H groups in total. The van der Waals surface area contributed by atoms with Crippen LogP contribution in [0.2, 0.25) is 0 Å². The van der Waals surface area contributed by atoms with Gasteiger partial charge in [0.15, 0.2) is 0 Å². The maximum atomic E-state index is 12.5. The average molecular weight is 343 g/mol. The smallest absolute Gasteiger partial charge is 0.255 e. The molecule has 5 heteroatoms. The summed E-state index contributed by atoms with van der Waals surface area (Å²) in [4.78, 5) is 14.4. The molecule has 1 heterocycles. The number of benzene rings is 1. The molecule has 1 aliphatic heterocycles. The van der Waals surface area contributed by atoms with Crippen LogP contribution < -0.4 is 5.73 Å². The Kier molecular flexibility index (Phi) is 4.46. The molecule has 1 saturated heterocycles. The van der Waals surface area contributed by atoms with Crippen LogP contribution in [0.4, 0.5) is 5.69 Å². The number of amides is 1. The van der Waals surface area contributed by atoms with E-state index in [0.717, 1.165) is 29.7 Å². The molecule has 0 bridgehead atoms. The molecular weight excluding hydrogens is 324 g/mol. The summed E-state index contributed by atoms with van der Waals surface area (Å²) in [6.07, 6.45) is 1.01. The monoisotopic (exact) mass is 342 g/mol. The van der Waals surface area contributed by atoms with Gasteiger partial charge in [-0.25, -0.2) is 0 Å². The Labute approximate surface area is 127 Å². The molecule has 0 spiro atoms. The third-order valence-corrected chi connectivity index (χ3v) is 5.23. The maximum absolute atomic E-state index is 12.5. The average Bonchev–Trinajstić information content (AvgIpc) is 2.49. The molecule has 19 heavy (non-hydrogen) atoms. The number of carbonyl (C=O) groups excluding carboxylic acids is 1. The summed E-state index contributed by atoms with van der Waals surface area (Å²) in [6, 6.07) is 5.44. The van der Waals surface area contributed by atoms with Crippen LogP contribution in [-0.4, -0.2) is 34.4 Å². The summed E-state index contributed by atoms with van der Waals surface area (Å²) in [6.45, 7) is 6.07. The Balaban J connectivity index is 2.15. The predicted molar refractivity (Wildman–Crippen MR) is 85.6 cm³/mol. The summed E-state index contributed by atoms with van der Waals surface area (Å²) in [7, 11) is 0. The highest BCUT2D eigenvalue weighted by atomic mass is 79.9. The van der Waals surface area contributed by atoms with Crippen LogP contribution in [-0.2, 0) is 0 Å². The van der Waals surface area contributed by atoms with Crippen molar-refractivity contribution in [1.82, 2.24) is 4.90 Å². The molecule has 0 aromatic heterocycles. The first-order valence-electron chi connectivity index (χ1n) is 6.37. The van der Waals surface area contributed by atoms with Gasteiger partial charge in [-0.2, -0.15) is 11.8 Å². The van der Waals surface area contributed by atoms with Gasteiger partial charge in [0.2, 0.25) is 0 Å². The van der Waals surface area contributed by atoms with Gasteiger partial charge in [0.1, 0.15) is 0 Å². The number of hydrogen-bond acceptors (Lipinski definition) is 3. The van der Waals surface area contributed by atoms with Crippen molar-refractivity contribution in [2.45, 2.75) is 25.0 Å². The van der Waals surface area contributed by atoms with Crippen LogP contribution in [0.1, 0.15) is 30.6 Å². The molecule has 0 atom stereocenters. The molecule has 1 amide bonds. The molecule has 3 nitrogen and oxygen atoms in total. The topological polar surface area (TPSA) is 46.3 Å². The Hall–Kier alpha value is -0.680. The first-order chi connectivity index (χ1) is 8.89. The zero-order chi connectivity index (χ0) is 14.0. The molecule has 0 saturated carbocycles. The summed E-state index contributed by atoms with van der Waals surface area (Å²) in [5.74, 6) is 1.03. The van der Waals surface area contributed by atoms with E-state index in [9.17, 15) is 4.79 Å². The summed E-state index contributed by atoms with van der Waals surface area (Å²) < 4.78 is 1.15. The SMILES string of the molecule is CC1(C)CCN(C(=O)c2ccc(Br)cc2N)CCS1. The normalized spacial score (nSPS) is 19.0. The predicted octanol–water partition coefficient (Wildman–Crippen LogP) is 3.39. The van der Waals surface area contributed by atoms with Crippen molar-refractivity contribution < 1.29 is 4.79 Å². The van der Waals surface area contributed by atoms with Crippen molar-refractivity contribution in [3.63, 3.8) is 0 Å². The molecule has 1 fully saturated rings. The van der Waals surface area contributed by atoms with Crippen molar-refractivity contribution in [2.75, 3.05) is 24.6 Å². The van der Waals surface area contributed by atoms with Crippen LogP contribution in [0, 0.1) is 0 Å². The van der Waals surface area contributed by atoms with Gasteiger partial charge in [-0.05, 0) is 24.6 Å². The van der Waals surface area contributed by atoms with Gasteiger partial charge >= 0.3 is 0 Å². The largest absolute Gasteiger partial charge is 0.398 e. The second kappa shape index (κ2) is 5.75. The zero-order valence-electron chi connectivity index (χ0n) is 11.3. The number of anilines is 1. The molecule has 2 rings (SSSR count).